The zero-order valence-corrected chi connectivity index (χ0v) is 17.0. The van der Waals surface area contributed by atoms with Crippen LogP contribution in [0.15, 0.2) is 54.6 Å². The number of halogens is 1. The first-order chi connectivity index (χ1) is 14.9. The lowest BCUT2D eigenvalue weighted by Gasteiger charge is -2.17. The number of ether oxygens (including phenoxy) is 2. The molecule has 0 bridgehead atoms. The molecule has 2 atom stereocenters. The van der Waals surface area contributed by atoms with Crippen LogP contribution in [-0.2, 0) is 6.42 Å². The van der Waals surface area contributed by atoms with Crippen LogP contribution in [0.1, 0.15) is 41.9 Å². The van der Waals surface area contributed by atoms with Gasteiger partial charge in [0, 0.05) is 23.2 Å². The molecule has 0 spiro atoms. The lowest BCUT2D eigenvalue weighted by molar-refractivity contribution is -0.0704. The van der Waals surface area contributed by atoms with Crippen LogP contribution in [0.3, 0.4) is 0 Å². The summed E-state index contributed by atoms with van der Waals surface area (Å²) in [5, 5.41) is 28.2. The molecule has 0 unspecified atom stereocenters. The standard InChI is InChI=1S/C24H24FNO5/c1-30-15-5-7-19(25)18(12-15)21-8-6-17-20(26-21)9-10-23(17)31-16-4-2-3-14(11-16)22(27)13-24(28)29/h2-8,11-12,22-24,27-29H,9-10,13H2,1H3/t22-,23-/m1/s1. The number of methoxy groups -OCH3 is 1. The Morgan fingerprint density at radius 2 is 1.90 bits per heavy atom. The molecule has 31 heavy (non-hydrogen) atoms. The van der Waals surface area contributed by atoms with E-state index in [9.17, 15) is 9.50 Å². The average Bonchev–Trinajstić information content (AvgIpc) is 3.15. The maximum absolute atomic E-state index is 14.3. The minimum Gasteiger partial charge on any atom is -0.497 e. The minimum absolute atomic E-state index is 0.177. The highest BCUT2D eigenvalue weighted by atomic mass is 19.1. The fraction of sp³-hybridized carbons (Fsp3) is 0.292. The molecule has 6 nitrogen and oxygen atoms in total. The van der Waals surface area contributed by atoms with Crippen molar-refractivity contribution in [3.8, 4) is 22.8 Å². The van der Waals surface area contributed by atoms with Crippen molar-refractivity contribution in [3.05, 3.63) is 77.2 Å². The molecule has 1 aliphatic rings. The molecular formula is C24H24FNO5. The van der Waals surface area contributed by atoms with E-state index >= 15 is 0 Å². The maximum atomic E-state index is 14.3. The van der Waals surface area contributed by atoms with Crippen LogP contribution in [-0.4, -0.2) is 33.7 Å². The highest BCUT2D eigenvalue weighted by Crippen LogP contribution is 2.37. The summed E-state index contributed by atoms with van der Waals surface area (Å²) in [6.45, 7) is 0. The fourth-order valence-corrected chi connectivity index (χ4v) is 3.82. The van der Waals surface area contributed by atoms with Crippen LogP contribution in [0.25, 0.3) is 11.3 Å². The quantitative estimate of drug-likeness (QED) is 0.500. The number of aliphatic hydroxyl groups is 3. The van der Waals surface area contributed by atoms with Gasteiger partial charge in [-0.1, -0.05) is 18.2 Å². The molecule has 3 aromatic rings. The Morgan fingerprint density at radius 3 is 2.68 bits per heavy atom. The molecule has 2 aromatic carbocycles. The van der Waals surface area contributed by atoms with Crippen molar-refractivity contribution in [1.82, 2.24) is 4.98 Å². The second kappa shape index (κ2) is 9.01. The van der Waals surface area contributed by atoms with Crippen LogP contribution in [0.5, 0.6) is 11.5 Å². The number of hydrogen-bond acceptors (Lipinski definition) is 6. The largest absolute Gasteiger partial charge is 0.497 e. The molecule has 4 rings (SSSR count). The first kappa shape index (κ1) is 21.2. The van der Waals surface area contributed by atoms with E-state index in [0.29, 0.717) is 34.7 Å². The summed E-state index contributed by atoms with van der Waals surface area (Å²) in [6, 6.07) is 15.2. The summed E-state index contributed by atoms with van der Waals surface area (Å²) in [6.07, 6.45) is -1.53. The Hall–Kier alpha value is -3.00. The van der Waals surface area contributed by atoms with Gasteiger partial charge in [0.05, 0.1) is 18.9 Å². The van der Waals surface area contributed by atoms with Crippen LogP contribution in [0.2, 0.25) is 0 Å². The summed E-state index contributed by atoms with van der Waals surface area (Å²) < 4.78 is 25.6. The number of fused-ring (bicyclic) bond motifs is 1. The predicted molar refractivity (Wildman–Crippen MR) is 112 cm³/mol. The van der Waals surface area contributed by atoms with Crippen molar-refractivity contribution in [3.63, 3.8) is 0 Å². The Labute approximate surface area is 179 Å². The van der Waals surface area contributed by atoms with Gasteiger partial charge in [-0.3, -0.25) is 4.98 Å². The molecular weight excluding hydrogens is 401 g/mol. The number of aromatic nitrogens is 1. The SMILES string of the molecule is COc1ccc(F)c(-c2ccc3c(n2)CC[C@H]3Oc2cccc([C@H](O)CC(O)O)c2)c1. The monoisotopic (exact) mass is 425 g/mol. The fourth-order valence-electron chi connectivity index (χ4n) is 3.82. The molecule has 0 saturated heterocycles. The first-order valence-electron chi connectivity index (χ1n) is 10.1. The molecule has 1 heterocycles. The Bertz CT molecular complexity index is 1070. The maximum Gasteiger partial charge on any atom is 0.154 e. The molecule has 1 aromatic heterocycles. The van der Waals surface area contributed by atoms with Gasteiger partial charge in [-0.2, -0.15) is 0 Å². The molecule has 162 valence electrons. The average molecular weight is 425 g/mol. The summed E-state index contributed by atoms with van der Waals surface area (Å²) in [7, 11) is 1.54. The Morgan fingerprint density at radius 1 is 1.06 bits per heavy atom. The van der Waals surface area contributed by atoms with E-state index in [1.54, 1.807) is 42.5 Å². The molecule has 1 aliphatic carbocycles. The number of aryl methyl sites for hydroxylation is 1. The zero-order valence-electron chi connectivity index (χ0n) is 17.0. The van der Waals surface area contributed by atoms with E-state index in [1.807, 2.05) is 6.07 Å². The second-order valence-corrected chi connectivity index (χ2v) is 7.53. The zero-order chi connectivity index (χ0) is 22.0. The predicted octanol–water partition coefficient (Wildman–Crippen LogP) is 3.70. The number of pyridine rings is 1. The van der Waals surface area contributed by atoms with Crippen LogP contribution < -0.4 is 9.47 Å². The van der Waals surface area contributed by atoms with Crippen molar-refractivity contribution in [2.24, 2.45) is 0 Å². The highest BCUT2D eigenvalue weighted by Gasteiger charge is 2.26. The number of nitrogens with zero attached hydrogens (tertiary/aromatic N) is 1. The number of benzene rings is 2. The molecule has 0 radical (unpaired) electrons. The highest BCUT2D eigenvalue weighted by molar-refractivity contribution is 5.63. The van der Waals surface area contributed by atoms with Gasteiger partial charge in [-0.05, 0) is 54.8 Å². The summed E-state index contributed by atoms with van der Waals surface area (Å²) in [5.41, 5.74) is 3.29. The molecule has 0 saturated carbocycles. The molecule has 0 amide bonds. The summed E-state index contributed by atoms with van der Waals surface area (Å²) in [5.74, 6) is 0.780. The Balaban J connectivity index is 1.54. The third-order valence-corrected chi connectivity index (χ3v) is 5.40. The lowest BCUT2D eigenvalue weighted by Crippen LogP contribution is -2.11. The lowest BCUT2D eigenvalue weighted by atomic mass is 10.1. The van der Waals surface area contributed by atoms with E-state index in [-0.39, 0.29) is 18.3 Å². The van der Waals surface area contributed by atoms with Crippen molar-refractivity contribution >= 4 is 0 Å². The smallest absolute Gasteiger partial charge is 0.154 e. The van der Waals surface area contributed by atoms with Gasteiger partial charge in [0.2, 0.25) is 0 Å². The number of rotatable bonds is 7. The van der Waals surface area contributed by atoms with Gasteiger partial charge in [-0.15, -0.1) is 0 Å². The van der Waals surface area contributed by atoms with Gasteiger partial charge in [-0.25, -0.2) is 4.39 Å². The number of aliphatic hydroxyl groups excluding tert-OH is 2. The van der Waals surface area contributed by atoms with E-state index in [0.717, 1.165) is 17.7 Å². The van der Waals surface area contributed by atoms with Crippen LogP contribution >= 0.6 is 0 Å². The van der Waals surface area contributed by atoms with Crippen molar-refractivity contribution in [2.45, 2.75) is 37.8 Å². The van der Waals surface area contributed by atoms with E-state index < -0.39 is 12.4 Å². The van der Waals surface area contributed by atoms with E-state index in [2.05, 4.69) is 4.98 Å². The van der Waals surface area contributed by atoms with Crippen LogP contribution in [0.4, 0.5) is 4.39 Å². The van der Waals surface area contributed by atoms with Gasteiger partial charge < -0.3 is 24.8 Å². The third-order valence-electron chi connectivity index (χ3n) is 5.40. The number of hydrogen-bond donors (Lipinski definition) is 3. The van der Waals surface area contributed by atoms with Crippen molar-refractivity contribution < 1.29 is 29.2 Å². The van der Waals surface area contributed by atoms with E-state index in [1.165, 1.54) is 13.2 Å². The second-order valence-electron chi connectivity index (χ2n) is 7.53. The topological polar surface area (TPSA) is 92.0 Å². The molecule has 3 N–H and O–H groups in total. The van der Waals surface area contributed by atoms with Gasteiger partial charge >= 0.3 is 0 Å². The first-order valence-corrected chi connectivity index (χ1v) is 10.1. The summed E-state index contributed by atoms with van der Waals surface area (Å²) in [4.78, 5) is 4.66. The molecule has 0 fully saturated rings. The Kier molecular flexibility index (Phi) is 6.18. The van der Waals surface area contributed by atoms with Crippen molar-refractivity contribution in [1.29, 1.82) is 0 Å². The van der Waals surface area contributed by atoms with E-state index in [4.69, 9.17) is 19.7 Å². The molecule has 7 heteroatoms. The van der Waals surface area contributed by atoms with Gasteiger partial charge in [0.1, 0.15) is 23.4 Å². The summed E-state index contributed by atoms with van der Waals surface area (Å²) >= 11 is 0. The minimum atomic E-state index is -1.59. The molecule has 0 aliphatic heterocycles. The normalized spacial score (nSPS) is 16.3. The van der Waals surface area contributed by atoms with Crippen molar-refractivity contribution in [2.75, 3.05) is 7.11 Å². The van der Waals surface area contributed by atoms with Gasteiger partial charge in [0.25, 0.3) is 0 Å². The van der Waals surface area contributed by atoms with Crippen LogP contribution in [0, 0.1) is 5.82 Å². The third kappa shape index (κ3) is 4.69. The van der Waals surface area contributed by atoms with Gasteiger partial charge in [0.15, 0.2) is 6.29 Å².